The first kappa shape index (κ1) is 15.4. The zero-order valence-corrected chi connectivity index (χ0v) is 14.2. The van der Waals surface area contributed by atoms with Crippen LogP contribution in [0.25, 0.3) is 10.8 Å². The number of likely N-dealkylation sites (N-methyl/N-ethyl adjacent to an activating group) is 1. The Morgan fingerprint density at radius 2 is 2.00 bits per heavy atom. The van der Waals surface area contributed by atoms with Gasteiger partial charge in [0.25, 0.3) is 10.0 Å². The summed E-state index contributed by atoms with van der Waals surface area (Å²) in [6, 6.07) is 11.0. The average molecular weight is 345 g/mol. The van der Waals surface area contributed by atoms with Gasteiger partial charge >= 0.3 is 0 Å². The molecule has 2 aromatic carbocycles. The maximum Gasteiger partial charge on any atom is 0.265 e. The van der Waals surface area contributed by atoms with Gasteiger partial charge in [-0.15, -0.1) is 0 Å². The molecule has 24 heavy (non-hydrogen) atoms. The summed E-state index contributed by atoms with van der Waals surface area (Å²) in [5.41, 5.74) is 0.598. The van der Waals surface area contributed by atoms with Crippen molar-refractivity contribution in [1.82, 2.24) is 10.2 Å². The van der Waals surface area contributed by atoms with Crippen molar-refractivity contribution in [3.63, 3.8) is 0 Å². The van der Waals surface area contributed by atoms with Crippen LogP contribution < -0.4 is 9.62 Å². The normalized spacial score (nSPS) is 21.6. The number of amides is 1. The molecule has 1 fully saturated rings. The molecule has 0 radical (unpaired) electrons. The monoisotopic (exact) mass is 345 g/mol. The third-order valence-corrected chi connectivity index (χ3v) is 6.71. The quantitative estimate of drug-likeness (QED) is 0.907. The Bertz CT molecular complexity index is 921. The Morgan fingerprint density at radius 1 is 1.25 bits per heavy atom. The number of benzene rings is 2. The molecule has 0 aliphatic carbocycles. The summed E-state index contributed by atoms with van der Waals surface area (Å²) < 4.78 is 27.0. The number of carbonyl (C=O) groups is 1. The summed E-state index contributed by atoms with van der Waals surface area (Å²) in [5.74, 6) is -0.152. The van der Waals surface area contributed by atoms with Crippen molar-refractivity contribution in [2.45, 2.75) is 17.4 Å². The van der Waals surface area contributed by atoms with E-state index in [4.69, 9.17) is 0 Å². The van der Waals surface area contributed by atoms with Gasteiger partial charge in [-0.1, -0.05) is 24.3 Å². The van der Waals surface area contributed by atoms with E-state index in [1.807, 2.05) is 25.2 Å². The minimum absolute atomic E-state index is 0.146. The number of hydrogen-bond acceptors (Lipinski definition) is 4. The van der Waals surface area contributed by atoms with Gasteiger partial charge in [0.05, 0.1) is 10.6 Å². The molecule has 126 valence electrons. The molecule has 2 aromatic rings. The molecule has 0 bridgehead atoms. The van der Waals surface area contributed by atoms with Gasteiger partial charge < -0.3 is 10.2 Å². The van der Waals surface area contributed by atoms with E-state index in [2.05, 4.69) is 5.32 Å². The minimum Gasteiger partial charge on any atom is -0.340 e. The molecule has 2 aliphatic heterocycles. The van der Waals surface area contributed by atoms with Crippen LogP contribution in [0.1, 0.15) is 6.42 Å². The van der Waals surface area contributed by atoms with Gasteiger partial charge in [0.15, 0.2) is 0 Å². The topological polar surface area (TPSA) is 69.7 Å². The number of hydrogen-bond donors (Lipinski definition) is 1. The van der Waals surface area contributed by atoms with Gasteiger partial charge in [-0.3, -0.25) is 9.10 Å². The fourth-order valence-corrected chi connectivity index (χ4v) is 5.23. The molecule has 4 rings (SSSR count). The third kappa shape index (κ3) is 2.19. The number of carbonyl (C=O) groups excluding carboxylic acids is 1. The fourth-order valence-electron chi connectivity index (χ4n) is 3.57. The highest BCUT2D eigenvalue weighted by Crippen LogP contribution is 2.41. The Labute approximate surface area is 141 Å². The first-order valence-electron chi connectivity index (χ1n) is 8.02. The summed E-state index contributed by atoms with van der Waals surface area (Å²) in [7, 11) is -1.80. The lowest BCUT2D eigenvalue weighted by Gasteiger charge is -2.22. The van der Waals surface area contributed by atoms with Crippen LogP contribution in [-0.2, 0) is 14.8 Å². The molecule has 6 nitrogen and oxygen atoms in total. The van der Waals surface area contributed by atoms with E-state index in [0.29, 0.717) is 24.2 Å². The first-order chi connectivity index (χ1) is 11.5. The molecule has 2 heterocycles. The van der Waals surface area contributed by atoms with Crippen molar-refractivity contribution in [1.29, 1.82) is 0 Å². The molecule has 0 spiro atoms. The fraction of sp³-hybridized carbons (Fsp3) is 0.353. The Kier molecular flexibility index (Phi) is 3.51. The number of nitrogens with zero attached hydrogens (tertiary/aromatic N) is 2. The van der Waals surface area contributed by atoms with Crippen LogP contribution in [0.3, 0.4) is 0 Å². The lowest BCUT2D eigenvalue weighted by molar-refractivity contribution is -0.128. The average Bonchev–Trinajstić information content (AvgIpc) is 3.14. The molecule has 1 atom stereocenters. The molecule has 1 amide bonds. The van der Waals surface area contributed by atoms with Crippen LogP contribution in [0.5, 0.6) is 0 Å². The largest absolute Gasteiger partial charge is 0.340 e. The smallest absolute Gasteiger partial charge is 0.265 e. The third-order valence-electron chi connectivity index (χ3n) is 4.91. The zero-order chi connectivity index (χ0) is 16.9. The van der Waals surface area contributed by atoms with E-state index in [9.17, 15) is 13.2 Å². The summed E-state index contributed by atoms with van der Waals surface area (Å²) in [6.07, 6.45) is 0.894. The van der Waals surface area contributed by atoms with Gasteiger partial charge in [-0.25, -0.2) is 8.42 Å². The van der Waals surface area contributed by atoms with Crippen molar-refractivity contribution in [3.8, 4) is 0 Å². The SMILES string of the molecule is CNC1CCN(C(=O)CN2c3cccc4cccc(c34)S2(=O)=O)C1. The highest BCUT2D eigenvalue weighted by atomic mass is 32.2. The molecule has 0 saturated carbocycles. The van der Waals surface area contributed by atoms with Crippen LogP contribution in [-0.4, -0.2) is 51.9 Å². The maximum atomic E-state index is 12.9. The van der Waals surface area contributed by atoms with Gasteiger partial charge in [0.1, 0.15) is 6.54 Å². The van der Waals surface area contributed by atoms with E-state index >= 15 is 0 Å². The van der Waals surface area contributed by atoms with Crippen LogP contribution in [0, 0.1) is 0 Å². The van der Waals surface area contributed by atoms with E-state index in [0.717, 1.165) is 11.8 Å². The van der Waals surface area contributed by atoms with Crippen LogP contribution in [0.15, 0.2) is 41.3 Å². The van der Waals surface area contributed by atoms with Gasteiger partial charge in [0, 0.05) is 24.5 Å². The molecule has 1 N–H and O–H groups in total. The number of nitrogens with one attached hydrogen (secondary N) is 1. The number of sulfonamides is 1. The molecule has 0 aromatic heterocycles. The molecule has 1 saturated heterocycles. The van der Waals surface area contributed by atoms with Crippen LogP contribution in [0.2, 0.25) is 0 Å². The highest BCUT2D eigenvalue weighted by Gasteiger charge is 2.38. The van der Waals surface area contributed by atoms with Crippen molar-refractivity contribution in [3.05, 3.63) is 36.4 Å². The second kappa shape index (κ2) is 5.46. The standard InChI is InChI=1S/C17H19N3O3S/c1-18-13-8-9-19(10-13)16(21)11-20-14-6-2-4-12-5-3-7-15(17(12)14)24(20,22)23/h2-7,13,18H,8-11H2,1H3. The molecular weight excluding hydrogens is 326 g/mol. The lowest BCUT2D eigenvalue weighted by atomic mass is 10.1. The highest BCUT2D eigenvalue weighted by molar-refractivity contribution is 7.93. The number of anilines is 1. The second-order valence-corrected chi connectivity index (χ2v) is 8.09. The maximum absolute atomic E-state index is 12.9. The Balaban J connectivity index is 1.68. The van der Waals surface area contributed by atoms with Crippen molar-refractivity contribution in [2.75, 3.05) is 31.0 Å². The van der Waals surface area contributed by atoms with Crippen molar-refractivity contribution in [2.24, 2.45) is 0 Å². The summed E-state index contributed by atoms with van der Waals surface area (Å²) in [6.45, 7) is 1.14. The van der Waals surface area contributed by atoms with Gasteiger partial charge in [-0.05, 0) is 31.0 Å². The number of rotatable bonds is 3. The predicted molar refractivity (Wildman–Crippen MR) is 92.5 cm³/mol. The van der Waals surface area contributed by atoms with E-state index in [1.165, 1.54) is 4.31 Å². The Morgan fingerprint density at radius 3 is 2.71 bits per heavy atom. The van der Waals surface area contributed by atoms with E-state index in [1.54, 1.807) is 23.1 Å². The lowest BCUT2D eigenvalue weighted by Crippen LogP contribution is -2.41. The summed E-state index contributed by atoms with van der Waals surface area (Å²) in [4.78, 5) is 14.6. The van der Waals surface area contributed by atoms with E-state index < -0.39 is 10.0 Å². The van der Waals surface area contributed by atoms with Gasteiger partial charge in [-0.2, -0.15) is 0 Å². The van der Waals surface area contributed by atoms with Crippen LogP contribution >= 0.6 is 0 Å². The molecule has 7 heteroatoms. The molecule has 2 aliphatic rings. The molecule has 1 unspecified atom stereocenters. The van der Waals surface area contributed by atoms with Crippen molar-refractivity contribution < 1.29 is 13.2 Å². The second-order valence-electron chi connectivity index (χ2n) is 6.26. The van der Waals surface area contributed by atoms with Crippen molar-refractivity contribution >= 4 is 32.4 Å². The van der Waals surface area contributed by atoms with Crippen LogP contribution in [0.4, 0.5) is 5.69 Å². The Hall–Kier alpha value is -2.12. The first-order valence-corrected chi connectivity index (χ1v) is 9.46. The van der Waals surface area contributed by atoms with E-state index in [-0.39, 0.29) is 23.4 Å². The number of likely N-dealkylation sites (tertiary alicyclic amines) is 1. The summed E-state index contributed by atoms with van der Waals surface area (Å²) >= 11 is 0. The molecular formula is C17H19N3O3S. The minimum atomic E-state index is -3.67. The summed E-state index contributed by atoms with van der Waals surface area (Å²) in [5, 5.41) is 4.75. The predicted octanol–water partition coefficient (Wildman–Crippen LogP) is 1.17. The zero-order valence-electron chi connectivity index (χ0n) is 13.4. The van der Waals surface area contributed by atoms with Gasteiger partial charge in [0.2, 0.25) is 5.91 Å².